The van der Waals surface area contributed by atoms with Gasteiger partial charge in [0.1, 0.15) is 5.69 Å². The number of amides is 2. The molecule has 2 amide bonds. The van der Waals surface area contributed by atoms with Crippen LogP contribution in [0.1, 0.15) is 62.4 Å². The molecule has 1 heterocycles. The van der Waals surface area contributed by atoms with Gasteiger partial charge in [-0.25, -0.2) is 4.98 Å². The van der Waals surface area contributed by atoms with Gasteiger partial charge >= 0.3 is 0 Å². The lowest BCUT2D eigenvalue weighted by Gasteiger charge is -2.55. The standard InChI is InChI=1S/C19H25N3O3S/c1-11(23)15-10-26-18(21-15)22-16(24)2-3-20-17(25)19-7-12-4-13(8-19)6-14(5-12)9-19/h10,12-14H,2-9H2,1H3,(H,20,25)(H,21,22,24). The summed E-state index contributed by atoms with van der Waals surface area (Å²) in [5.74, 6) is 2.03. The van der Waals surface area contributed by atoms with Crippen molar-refractivity contribution in [1.82, 2.24) is 10.3 Å². The van der Waals surface area contributed by atoms with E-state index in [1.165, 1.54) is 37.5 Å². The van der Waals surface area contributed by atoms with Crippen molar-refractivity contribution in [2.45, 2.75) is 51.9 Å². The number of thiazole rings is 1. The minimum absolute atomic E-state index is 0.121. The first-order valence-electron chi connectivity index (χ1n) is 9.48. The quantitative estimate of drug-likeness (QED) is 0.748. The molecule has 0 saturated heterocycles. The molecule has 4 aliphatic rings. The van der Waals surface area contributed by atoms with E-state index in [1.54, 1.807) is 5.38 Å². The van der Waals surface area contributed by atoms with Gasteiger partial charge in [0.25, 0.3) is 0 Å². The molecule has 1 aromatic rings. The van der Waals surface area contributed by atoms with E-state index in [2.05, 4.69) is 15.6 Å². The first-order chi connectivity index (χ1) is 12.4. The van der Waals surface area contributed by atoms with E-state index in [-0.39, 0.29) is 29.4 Å². The van der Waals surface area contributed by atoms with Gasteiger partial charge in [0.05, 0.1) is 0 Å². The molecule has 0 unspecified atom stereocenters. The third-order valence-electron chi connectivity index (χ3n) is 6.27. The van der Waals surface area contributed by atoms with Crippen LogP contribution in [0.2, 0.25) is 0 Å². The summed E-state index contributed by atoms with van der Waals surface area (Å²) in [6, 6.07) is 0. The van der Waals surface area contributed by atoms with Crippen molar-refractivity contribution in [3.05, 3.63) is 11.1 Å². The van der Waals surface area contributed by atoms with Crippen LogP contribution in [0.15, 0.2) is 5.38 Å². The average molecular weight is 375 g/mol. The fourth-order valence-electron chi connectivity index (χ4n) is 5.54. The molecule has 5 rings (SSSR count). The summed E-state index contributed by atoms with van der Waals surface area (Å²) in [4.78, 5) is 40.2. The Morgan fingerprint density at radius 1 is 1.15 bits per heavy atom. The highest BCUT2D eigenvalue weighted by atomic mass is 32.1. The SMILES string of the molecule is CC(=O)c1csc(NC(=O)CCNC(=O)C23CC4CC(CC(C4)C2)C3)n1. The predicted octanol–water partition coefficient (Wildman–Crippen LogP) is 3.01. The highest BCUT2D eigenvalue weighted by molar-refractivity contribution is 7.14. The smallest absolute Gasteiger partial charge is 0.227 e. The van der Waals surface area contributed by atoms with Crippen LogP contribution >= 0.6 is 11.3 Å². The highest BCUT2D eigenvalue weighted by Gasteiger charge is 2.54. The van der Waals surface area contributed by atoms with Crippen molar-refractivity contribution in [3.8, 4) is 0 Å². The topological polar surface area (TPSA) is 88.2 Å². The van der Waals surface area contributed by atoms with Gasteiger partial charge in [-0.05, 0) is 56.3 Å². The molecule has 4 saturated carbocycles. The van der Waals surface area contributed by atoms with E-state index in [1.807, 2.05) is 0 Å². The fourth-order valence-corrected chi connectivity index (χ4v) is 6.31. The van der Waals surface area contributed by atoms with Gasteiger partial charge in [-0.2, -0.15) is 0 Å². The molecular formula is C19H25N3O3S. The van der Waals surface area contributed by atoms with E-state index < -0.39 is 0 Å². The second kappa shape index (κ2) is 6.76. The molecule has 140 valence electrons. The van der Waals surface area contributed by atoms with Gasteiger partial charge in [-0.1, -0.05) is 0 Å². The van der Waals surface area contributed by atoms with Gasteiger partial charge in [0.2, 0.25) is 11.8 Å². The molecule has 6 nitrogen and oxygen atoms in total. The zero-order chi connectivity index (χ0) is 18.3. The van der Waals surface area contributed by atoms with Crippen LogP contribution < -0.4 is 10.6 Å². The molecule has 7 heteroatoms. The van der Waals surface area contributed by atoms with Crippen molar-refractivity contribution in [2.75, 3.05) is 11.9 Å². The predicted molar refractivity (Wildman–Crippen MR) is 99.0 cm³/mol. The molecule has 4 bridgehead atoms. The van der Waals surface area contributed by atoms with E-state index in [0.717, 1.165) is 37.0 Å². The van der Waals surface area contributed by atoms with E-state index >= 15 is 0 Å². The number of aromatic nitrogens is 1. The van der Waals surface area contributed by atoms with E-state index in [9.17, 15) is 14.4 Å². The Balaban J connectivity index is 1.26. The number of nitrogens with one attached hydrogen (secondary N) is 2. The third-order valence-corrected chi connectivity index (χ3v) is 7.03. The Kier molecular flexibility index (Phi) is 4.59. The maximum Gasteiger partial charge on any atom is 0.227 e. The first-order valence-corrected chi connectivity index (χ1v) is 10.4. The average Bonchev–Trinajstić information content (AvgIpc) is 3.02. The Morgan fingerprint density at radius 3 is 2.31 bits per heavy atom. The summed E-state index contributed by atoms with van der Waals surface area (Å²) < 4.78 is 0. The molecule has 0 atom stereocenters. The van der Waals surface area contributed by atoms with Crippen molar-refractivity contribution in [3.63, 3.8) is 0 Å². The largest absolute Gasteiger partial charge is 0.355 e. The maximum absolute atomic E-state index is 12.8. The summed E-state index contributed by atoms with van der Waals surface area (Å²) in [6.45, 7) is 1.79. The molecule has 4 fully saturated rings. The molecule has 26 heavy (non-hydrogen) atoms. The summed E-state index contributed by atoms with van der Waals surface area (Å²) in [5.41, 5.74) is 0.192. The number of carbonyl (C=O) groups is 3. The van der Waals surface area contributed by atoms with E-state index in [0.29, 0.717) is 17.4 Å². The van der Waals surface area contributed by atoms with Crippen LogP contribution in [0.5, 0.6) is 0 Å². The van der Waals surface area contributed by atoms with Crippen LogP contribution in [0.3, 0.4) is 0 Å². The number of hydrogen-bond acceptors (Lipinski definition) is 5. The van der Waals surface area contributed by atoms with Crippen LogP contribution in [0.4, 0.5) is 5.13 Å². The molecule has 0 radical (unpaired) electrons. The Morgan fingerprint density at radius 2 is 1.77 bits per heavy atom. The van der Waals surface area contributed by atoms with Crippen LogP contribution in [0.25, 0.3) is 0 Å². The molecule has 2 N–H and O–H groups in total. The van der Waals surface area contributed by atoms with Crippen molar-refractivity contribution < 1.29 is 14.4 Å². The minimum Gasteiger partial charge on any atom is -0.355 e. The monoisotopic (exact) mass is 375 g/mol. The number of rotatable bonds is 6. The minimum atomic E-state index is -0.194. The van der Waals surface area contributed by atoms with Crippen LogP contribution in [0, 0.1) is 23.2 Å². The number of ketones is 1. The van der Waals surface area contributed by atoms with Gasteiger partial charge in [-0.3, -0.25) is 14.4 Å². The molecule has 4 aliphatic carbocycles. The lowest BCUT2D eigenvalue weighted by Crippen LogP contribution is -2.53. The zero-order valence-corrected chi connectivity index (χ0v) is 15.9. The number of carbonyl (C=O) groups excluding carboxylic acids is 3. The molecule has 0 aromatic carbocycles. The molecule has 0 spiro atoms. The van der Waals surface area contributed by atoms with Gasteiger partial charge < -0.3 is 10.6 Å². The number of anilines is 1. The van der Waals surface area contributed by atoms with Crippen molar-refractivity contribution >= 4 is 34.1 Å². The van der Waals surface area contributed by atoms with Crippen molar-refractivity contribution in [1.29, 1.82) is 0 Å². The zero-order valence-electron chi connectivity index (χ0n) is 15.0. The molecule has 0 aliphatic heterocycles. The van der Waals surface area contributed by atoms with Gasteiger partial charge in [-0.15, -0.1) is 11.3 Å². The summed E-state index contributed by atoms with van der Waals surface area (Å²) in [5, 5.41) is 7.76. The number of Topliss-reactive ketones (excluding diaryl/α,β-unsaturated/α-hetero) is 1. The Labute approximate surface area is 157 Å². The number of nitrogens with zero attached hydrogens (tertiary/aromatic N) is 1. The second-order valence-electron chi connectivity index (χ2n) is 8.35. The summed E-state index contributed by atoms with van der Waals surface area (Å²) in [7, 11) is 0. The lowest BCUT2D eigenvalue weighted by molar-refractivity contribution is -0.146. The number of hydrogen-bond donors (Lipinski definition) is 2. The normalized spacial score (nSPS) is 31.7. The summed E-state index contributed by atoms with van der Waals surface area (Å²) in [6.07, 6.45) is 7.24. The highest BCUT2D eigenvalue weighted by Crippen LogP contribution is 2.60. The summed E-state index contributed by atoms with van der Waals surface area (Å²) >= 11 is 1.23. The Hall–Kier alpha value is -1.76. The second-order valence-corrected chi connectivity index (χ2v) is 9.20. The van der Waals surface area contributed by atoms with Crippen LogP contribution in [-0.4, -0.2) is 29.1 Å². The maximum atomic E-state index is 12.8. The van der Waals surface area contributed by atoms with Crippen LogP contribution in [-0.2, 0) is 9.59 Å². The molecular weight excluding hydrogens is 350 g/mol. The first kappa shape index (κ1) is 17.6. The fraction of sp³-hybridized carbons (Fsp3) is 0.684. The Bertz CT molecular complexity index is 707. The van der Waals surface area contributed by atoms with Gasteiger partial charge in [0.15, 0.2) is 10.9 Å². The van der Waals surface area contributed by atoms with E-state index in [4.69, 9.17) is 0 Å². The lowest BCUT2D eigenvalue weighted by atomic mass is 9.49. The van der Waals surface area contributed by atoms with Crippen molar-refractivity contribution in [2.24, 2.45) is 23.2 Å². The molecule has 1 aromatic heterocycles. The third kappa shape index (κ3) is 3.41. The van der Waals surface area contributed by atoms with Gasteiger partial charge in [0, 0.05) is 30.7 Å².